The number of aliphatic hydroxyl groups is 2. The van der Waals surface area contributed by atoms with Gasteiger partial charge in [-0.15, -0.1) is 0 Å². The van der Waals surface area contributed by atoms with Crippen LogP contribution < -0.4 is 0 Å². The van der Waals surface area contributed by atoms with Gasteiger partial charge in [0.1, 0.15) is 0 Å². The van der Waals surface area contributed by atoms with Gasteiger partial charge in [-0.3, -0.25) is 0 Å². The van der Waals surface area contributed by atoms with Gasteiger partial charge in [0, 0.05) is 5.41 Å². The molecule has 4 aliphatic rings. The highest BCUT2D eigenvalue weighted by Gasteiger charge is 2.63. The second-order valence-corrected chi connectivity index (χ2v) is 13.6. The zero-order valence-corrected chi connectivity index (χ0v) is 21.5. The van der Waals surface area contributed by atoms with Crippen molar-refractivity contribution in [2.24, 2.45) is 51.8 Å². The summed E-state index contributed by atoms with van der Waals surface area (Å²) in [5.74, 6) is 3.91. The molecule has 0 heterocycles. The van der Waals surface area contributed by atoms with Gasteiger partial charge in [-0.2, -0.15) is 0 Å². The van der Waals surface area contributed by atoms with Crippen molar-refractivity contribution >= 4 is 0 Å². The van der Waals surface area contributed by atoms with Crippen LogP contribution in [0.3, 0.4) is 0 Å². The average Bonchev–Trinajstić information content (AvgIpc) is 2.96. The largest absolute Gasteiger partial charge is 0.393 e. The average molecular weight is 431 g/mol. The van der Waals surface area contributed by atoms with Gasteiger partial charge >= 0.3 is 0 Å². The Hall–Kier alpha value is -0.340. The van der Waals surface area contributed by atoms with Gasteiger partial charge in [0.15, 0.2) is 0 Å². The van der Waals surface area contributed by atoms with Crippen LogP contribution in [0.25, 0.3) is 0 Å². The van der Waals surface area contributed by atoms with E-state index in [1.165, 1.54) is 37.7 Å². The normalized spacial score (nSPS) is 47.4. The van der Waals surface area contributed by atoms with Crippen LogP contribution >= 0.6 is 0 Å². The molecule has 3 fully saturated rings. The van der Waals surface area contributed by atoms with Gasteiger partial charge in [-0.05, 0) is 84.9 Å². The van der Waals surface area contributed by atoms with E-state index in [0.29, 0.717) is 35.0 Å². The molecule has 9 atom stereocenters. The molecule has 3 saturated carbocycles. The van der Waals surface area contributed by atoms with Gasteiger partial charge in [0.25, 0.3) is 0 Å². The summed E-state index contributed by atoms with van der Waals surface area (Å²) in [5, 5.41) is 22.2. The van der Waals surface area contributed by atoms with Crippen LogP contribution in [0.4, 0.5) is 0 Å². The van der Waals surface area contributed by atoms with Gasteiger partial charge in [-0.1, -0.05) is 79.4 Å². The van der Waals surface area contributed by atoms with E-state index in [1.54, 1.807) is 0 Å². The van der Waals surface area contributed by atoms with Crippen molar-refractivity contribution in [3.8, 4) is 0 Å². The van der Waals surface area contributed by atoms with Gasteiger partial charge in [-0.25, -0.2) is 0 Å². The van der Waals surface area contributed by atoms with Gasteiger partial charge in [0.05, 0.1) is 12.2 Å². The van der Waals surface area contributed by atoms with Crippen LogP contribution in [-0.4, -0.2) is 22.4 Å². The summed E-state index contributed by atoms with van der Waals surface area (Å²) in [7, 11) is 0. The Morgan fingerprint density at radius 2 is 1.71 bits per heavy atom. The first kappa shape index (κ1) is 23.8. The van der Waals surface area contributed by atoms with Crippen molar-refractivity contribution in [1.82, 2.24) is 0 Å². The summed E-state index contributed by atoms with van der Waals surface area (Å²) in [6.07, 6.45) is 12.9. The topological polar surface area (TPSA) is 40.5 Å². The maximum Gasteiger partial charge on any atom is 0.0628 e. The van der Waals surface area contributed by atoms with E-state index in [0.717, 1.165) is 31.6 Å². The first-order valence-electron chi connectivity index (χ1n) is 13.5. The summed E-state index contributed by atoms with van der Waals surface area (Å²) >= 11 is 0. The van der Waals surface area contributed by atoms with Crippen LogP contribution in [0.1, 0.15) is 106 Å². The minimum absolute atomic E-state index is 0.111. The number of hydrogen-bond acceptors (Lipinski definition) is 2. The maximum atomic E-state index is 11.4. The molecule has 4 aliphatic carbocycles. The number of aliphatic hydroxyl groups excluding tert-OH is 2. The summed E-state index contributed by atoms with van der Waals surface area (Å²) in [5.41, 5.74) is 1.91. The predicted octanol–water partition coefficient (Wildman–Crippen LogP) is 7.00. The van der Waals surface area contributed by atoms with Crippen molar-refractivity contribution in [2.75, 3.05) is 0 Å². The second-order valence-electron chi connectivity index (χ2n) is 13.6. The number of hydrogen-bond donors (Lipinski definition) is 2. The molecule has 0 spiro atoms. The molecule has 0 amide bonds. The fourth-order valence-electron chi connectivity index (χ4n) is 9.44. The summed E-state index contributed by atoms with van der Waals surface area (Å²) < 4.78 is 0. The van der Waals surface area contributed by atoms with E-state index in [-0.39, 0.29) is 23.0 Å². The third-order valence-corrected chi connectivity index (χ3v) is 11.1. The first-order chi connectivity index (χ1) is 14.4. The SMILES string of the molecule is CC(C)CCC[C@@H](C)[C@H]1CC(O)[C@H]2[C@@H]3CC=C4C(C)(C)[C@H](O)CC[C@]4(C)[C@H]3CC[C@]12C. The van der Waals surface area contributed by atoms with Crippen molar-refractivity contribution in [3.05, 3.63) is 11.6 Å². The summed E-state index contributed by atoms with van der Waals surface area (Å²) in [4.78, 5) is 0. The predicted molar refractivity (Wildman–Crippen MR) is 130 cm³/mol. The molecule has 31 heavy (non-hydrogen) atoms. The molecule has 2 nitrogen and oxygen atoms in total. The molecule has 0 aromatic rings. The number of fused-ring (bicyclic) bond motifs is 5. The minimum Gasteiger partial charge on any atom is -0.393 e. The van der Waals surface area contributed by atoms with E-state index in [1.807, 2.05) is 0 Å². The Labute approximate surface area is 192 Å². The van der Waals surface area contributed by atoms with Crippen molar-refractivity contribution in [2.45, 2.75) is 118 Å². The highest BCUT2D eigenvalue weighted by molar-refractivity contribution is 5.31. The minimum atomic E-state index is -0.217. The molecule has 1 unspecified atom stereocenters. The lowest BCUT2D eigenvalue weighted by Gasteiger charge is -2.61. The molecule has 4 rings (SSSR count). The van der Waals surface area contributed by atoms with E-state index in [9.17, 15) is 10.2 Å². The Morgan fingerprint density at radius 3 is 2.39 bits per heavy atom. The molecule has 178 valence electrons. The molecule has 0 aliphatic heterocycles. The molecule has 2 N–H and O–H groups in total. The molecule has 0 bridgehead atoms. The molecular formula is C29H50O2. The molecule has 0 aromatic heterocycles. The Balaban J connectivity index is 1.58. The summed E-state index contributed by atoms with van der Waals surface area (Å²) in [6, 6.07) is 0. The van der Waals surface area contributed by atoms with E-state index >= 15 is 0 Å². The van der Waals surface area contributed by atoms with Gasteiger partial charge in [0.2, 0.25) is 0 Å². The fraction of sp³-hybridized carbons (Fsp3) is 0.931. The number of allylic oxidation sites excluding steroid dienone is 1. The Kier molecular flexibility index (Phi) is 6.26. The second kappa shape index (κ2) is 8.15. The molecule has 2 heteroatoms. The molecule has 0 saturated heterocycles. The van der Waals surface area contributed by atoms with Crippen LogP contribution in [0.2, 0.25) is 0 Å². The third-order valence-electron chi connectivity index (χ3n) is 11.1. The lowest BCUT2D eigenvalue weighted by atomic mass is 9.44. The van der Waals surface area contributed by atoms with Gasteiger partial charge < -0.3 is 10.2 Å². The third kappa shape index (κ3) is 3.67. The fourth-order valence-corrected chi connectivity index (χ4v) is 9.44. The Morgan fingerprint density at radius 1 is 1.00 bits per heavy atom. The highest BCUT2D eigenvalue weighted by Crippen LogP contribution is 2.68. The van der Waals surface area contributed by atoms with Crippen LogP contribution in [-0.2, 0) is 0 Å². The van der Waals surface area contributed by atoms with Crippen molar-refractivity contribution in [1.29, 1.82) is 0 Å². The zero-order valence-electron chi connectivity index (χ0n) is 21.5. The van der Waals surface area contributed by atoms with Crippen LogP contribution in [0, 0.1) is 51.8 Å². The van der Waals surface area contributed by atoms with Crippen LogP contribution in [0.5, 0.6) is 0 Å². The standard InChI is InChI=1S/C29H50O2/c1-18(2)9-8-10-19(3)22-17-23(30)26-20-11-12-24-27(4,5)25(31)14-16-28(24,6)21(20)13-15-29(22,26)7/h12,18-23,25-26,30-31H,8-11,13-17H2,1-7H3/t19-,20-,21+,22-,23?,25-,26-,28-,29-/m1/s1. The maximum absolute atomic E-state index is 11.4. The van der Waals surface area contributed by atoms with E-state index in [2.05, 4.69) is 54.5 Å². The highest BCUT2D eigenvalue weighted by atomic mass is 16.3. The Bertz CT molecular complexity index is 693. The van der Waals surface area contributed by atoms with Crippen molar-refractivity contribution < 1.29 is 10.2 Å². The molecular weight excluding hydrogens is 380 g/mol. The quantitative estimate of drug-likeness (QED) is 0.461. The lowest BCUT2D eigenvalue weighted by molar-refractivity contribution is -0.0961. The first-order valence-corrected chi connectivity index (χ1v) is 13.5. The summed E-state index contributed by atoms with van der Waals surface area (Å²) in [6.45, 7) is 16.7. The van der Waals surface area contributed by atoms with Crippen LogP contribution in [0.15, 0.2) is 11.6 Å². The lowest BCUT2D eigenvalue weighted by Crippen LogP contribution is -2.55. The smallest absolute Gasteiger partial charge is 0.0628 e. The monoisotopic (exact) mass is 430 g/mol. The van der Waals surface area contributed by atoms with Crippen molar-refractivity contribution in [3.63, 3.8) is 0 Å². The number of rotatable bonds is 5. The van der Waals surface area contributed by atoms with E-state index in [4.69, 9.17) is 0 Å². The molecule has 0 aromatic carbocycles. The molecule has 0 radical (unpaired) electrons. The zero-order chi connectivity index (χ0) is 22.8. The van der Waals surface area contributed by atoms with E-state index < -0.39 is 0 Å².